The minimum Gasteiger partial charge on any atom is -0.298 e. The van der Waals surface area contributed by atoms with E-state index in [0.29, 0.717) is 18.7 Å². The highest BCUT2D eigenvalue weighted by atomic mass is 19.4. The number of piperazine rings is 1. The van der Waals surface area contributed by atoms with Gasteiger partial charge in [-0.3, -0.25) is 25.0 Å². The molecule has 12 heteroatoms. The molecule has 1 unspecified atom stereocenters. The number of pyridine rings is 1. The van der Waals surface area contributed by atoms with E-state index in [1.807, 2.05) is 5.43 Å². The predicted octanol–water partition coefficient (Wildman–Crippen LogP) is 3.13. The number of nitrogens with one attached hydrogen (secondary N) is 1. The van der Waals surface area contributed by atoms with Gasteiger partial charge in [-0.15, -0.1) is 0 Å². The summed E-state index contributed by atoms with van der Waals surface area (Å²) >= 11 is 0. The molecule has 2 atom stereocenters. The summed E-state index contributed by atoms with van der Waals surface area (Å²) in [6.07, 6.45) is -5.75. The van der Waals surface area contributed by atoms with Gasteiger partial charge in [-0.05, 0) is 49.2 Å². The number of rotatable bonds is 4. The van der Waals surface area contributed by atoms with Crippen LogP contribution in [0.5, 0.6) is 0 Å². The Labute approximate surface area is 191 Å². The second-order valence-corrected chi connectivity index (χ2v) is 8.50. The van der Waals surface area contributed by atoms with Gasteiger partial charge in [0, 0.05) is 43.6 Å². The van der Waals surface area contributed by atoms with Crippen LogP contribution in [0.15, 0.2) is 42.7 Å². The van der Waals surface area contributed by atoms with E-state index in [9.17, 15) is 31.1 Å². The molecule has 1 aromatic heterocycles. The van der Waals surface area contributed by atoms with Gasteiger partial charge >= 0.3 is 12.4 Å². The highest BCUT2D eigenvalue weighted by Crippen LogP contribution is 2.44. The van der Waals surface area contributed by atoms with E-state index in [2.05, 4.69) is 9.88 Å². The summed E-state index contributed by atoms with van der Waals surface area (Å²) in [6.45, 7) is 1.86. The van der Waals surface area contributed by atoms with Gasteiger partial charge < -0.3 is 0 Å². The molecular weight excluding hydrogens is 464 g/mol. The molecule has 6 nitrogen and oxygen atoms in total. The van der Waals surface area contributed by atoms with E-state index in [-0.39, 0.29) is 30.8 Å². The average Bonchev–Trinajstić information content (AvgIpc) is 3.27. The van der Waals surface area contributed by atoms with Gasteiger partial charge in [-0.2, -0.15) is 26.3 Å². The summed E-state index contributed by atoms with van der Waals surface area (Å²) in [6, 6.07) is 4.18. The molecule has 0 radical (unpaired) electrons. The SMILES string of the molecule is NNC(=O)C(c1cccnc1)(c1cc(C(F)(F)F)cc(C(F)(F)F)c1)N1CCN2CCC[C@H]2C1. The molecule has 3 N–H and O–H groups in total. The molecule has 0 spiro atoms. The lowest BCUT2D eigenvalue weighted by Gasteiger charge is -2.48. The Morgan fingerprint density at radius 2 is 1.62 bits per heavy atom. The van der Waals surface area contributed by atoms with Crippen LogP contribution in [0.25, 0.3) is 0 Å². The first kappa shape index (κ1) is 24.4. The molecular formula is C22H23F6N5O. The van der Waals surface area contributed by atoms with Crippen LogP contribution in [0.2, 0.25) is 0 Å². The van der Waals surface area contributed by atoms with Crippen molar-refractivity contribution in [2.75, 3.05) is 26.2 Å². The summed E-state index contributed by atoms with van der Waals surface area (Å²) in [7, 11) is 0. The van der Waals surface area contributed by atoms with Crippen molar-refractivity contribution in [1.29, 1.82) is 0 Å². The van der Waals surface area contributed by atoms with E-state index >= 15 is 0 Å². The zero-order valence-corrected chi connectivity index (χ0v) is 18.0. The van der Waals surface area contributed by atoms with Crippen molar-refractivity contribution in [2.24, 2.45) is 5.84 Å². The minimum absolute atomic E-state index is 0.0169. The van der Waals surface area contributed by atoms with Crippen LogP contribution in [0, 0.1) is 0 Å². The van der Waals surface area contributed by atoms with Crippen molar-refractivity contribution in [3.63, 3.8) is 0 Å². The first-order valence-electron chi connectivity index (χ1n) is 10.7. The van der Waals surface area contributed by atoms with Crippen LogP contribution in [-0.2, 0) is 22.7 Å². The van der Waals surface area contributed by atoms with Gasteiger partial charge in [0.05, 0.1) is 11.1 Å². The number of hydrogen-bond donors (Lipinski definition) is 2. The molecule has 0 aliphatic carbocycles. The molecule has 1 amide bonds. The normalized spacial score (nSPS) is 21.7. The second kappa shape index (κ2) is 8.82. The van der Waals surface area contributed by atoms with E-state index in [0.717, 1.165) is 19.4 Å². The van der Waals surface area contributed by atoms with Crippen molar-refractivity contribution in [2.45, 2.75) is 36.8 Å². The van der Waals surface area contributed by atoms with Gasteiger partial charge in [-0.1, -0.05) is 6.07 Å². The first-order valence-corrected chi connectivity index (χ1v) is 10.7. The Morgan fingerprint density at radius 1 is 0.971 bits per heavy atom. The Morgan fingerprint density at radius 3 is 2.18 bits per heavy atom. The number of hydrogen-bond acceptors (Lipinski definition) is 5. The molecule has 2 fully saturated rings. The molecule has 184 valence electrons. The summed E-state index contributed by atoms with van der Waals surface area (Å²) in [4.78, 5) is 21.3. The third-order valence-corrected chi connectivity index (χ3v) is 6.61. The van der Waals surface area contributed by atoms with Crippen LogP contribution in [0.3, 0.4) is 0 Å². The highest BCUT2D eigenvalue weighted by molar-refractivity contribution is 5.91. The number of carbonyl (C=O) groups is 1. The number of alkyl halides is 6. The van der Waals surface area contributed by atoms with Crippen molar-refractivity contribution in [3.05, 3.63) is 65.0 Å². The monoisotopic (exact) mass is 487 g/mol. The maximum atomic E-state index is 13.7. The van der Waals surface area contributed by atoms with E-state index in [4.69, 9.17) is 5.84 Å². The fraction of sp³-hybridized carbons (Fsp3) is 0.455. The van der Waals surface area contributed by atoms with Gasteiger partial charge in [0.1, 0.15) is 0 Å². The molecule has 4 rings (SSSR count). The van der Waals surface area contributed by atoms with Gasteiger partial charge in [-0.25, -0.2) is 5.84 Å². The van der Waals surface area contributed by atoms with E-state index in [1.165, 1.54) is 24.5 Å². The van der Waals surface area contributed by atoms with Gasteiger partial charge in [0.25, 0.3) is 5.91 Å². The van der Waals surface area contributed by atoms with E-state index < -0.39 is 40.5 Å². The van der Waals surface area contributed by atoms with E-state index in [1.54, 1.807) is 4.90 Å². The molecule has 2 saturated heterocycles. The number of benzene rings is 1. The van der Waals surface area contributed by atoms with Crippen molar-refractivity contribution in [1.82, 2.24) is 20.2 Å². The third kappa shape index (κ3) is 4.25. The zero-order chi connectivity index (χ0) is 24.7. The van der Waals surface area contributed by atoms with Gasteiger partial charge in [0.2, 0.25) is 0 Å². The summed E-state index contributed by atoms with van der Waals surface area (Å²) in [5.74, 6) is 4.55. The van der Waals surface area contributed by atoms with Crippen LogP contribution in [0.1, 0.15) is 35.1 Å². The molecule has 1 aromatic carbocycles. The Kier molecular flexibility index (Phi) is 6.34. The first-order chi connectivity index (χ1) is 16.0. The predicted molar refractivity (Wildman–Crippen MR) is 110 cm³/mol. The second-order valence-electron chi connectivity index (χ2n) is 8.50. The number of amides is 1. The topological polar surface area (TPSA) is 74.5 Å². The lowest BCUT2D eigenvalue weighted by atomic mass is 9.78. The summed E-state index contributed by atoms with van der Waals surface area (Å²) < 4.78 is 82.2. The van der Waals surface area contributed by atoms with Crippen molar-refractivity contribution in [3.8, 4) is 0 Å². The number of nitrogens with zero attached hydrogens (tertiary/aromatic N) is 3. The summed E-state index contributed by atoms with van der Waals surface area (Å²) in [5.41, 5.74) is -3.43. The number of fused-ring (bicyclic) bond motifs is 1. The molecule has 2 aromatic rings. The number of carbonyl (C=O) groups excluding carboxylic acids is 1. The molecule has 0 saturated carbocycles. The lowest BCUT2D eigenvalue weighted by molar-refractivity contribution is -0.144. The molecule has 3 heterocycles. The number of hydrazine groups is 1. The van der Waals surface area contributed by atoms with Gasteiger partial charge in [0.15, 0.2) is 5.54 Å². The third-order valence-electron chi connectivity index (χ3n) is 6.61. The Balaban J connectivity index is 2.01. The fourth-order valence-electron chi connectivity index (χ4n) is 5.08. The highest BCUT2D eigenvalue weighted by Gasteiger charge is 2.51. The number of aromatic nitrogens is 1. The maximum Gasteiger partial charge on any atom is 0.416 e. The maximum absolute atomic E-state index is 13.7. The Bertz CT molecular complexity index is 1010. The molecule has 2 aliphatic heterocycles. The van der Waals surface area contributed by atoms with Crippen molar-refractivity contribution < 1.29 is 31.1 Å². The number of halogens is 6. The fourth-order valence-corrected chi connectivity index (χ4v) is 5.08. The molecule has 2 aliphatic rings. The molecule has 0 bridgehead atoms. The average molecular weight is 487 g/mol. The van der Waals surface area contributed by atoms with Crippen LogP contribution in [0.4, 0.5) is 26.3 Å². The quantitative estimate of drug-likeness (QED) is 0.300. The summed E-state index contributed by atoms with van der Waals surface area (Å²) in [5, 5.41) is 0. The Hall–Kier alpha value is -2.70. The minimum atomic E-state index is -5.07. The van der Waals surface area contributed by atoms with Crippen LogP contribution in [-0.4, -0.2) is 52.9 Å². The molecule has 34 heavy (non-hydrogen) atoms. The largest absolute Gasteiger partial charge is 0.416 e. The number of nitrogens with two attached hydrogens (primary N) is 1. The van der Waals surface area contributed by atoms with Crippen LogP contribution < -0.4 is 11.3 Å². The lowest BCUT2D eigenvalue weighted by Crippen LogP contribution is -2.64. The smallest absolute Gasteiger partial charge is 0.298 e. The zero-order valence-electron chi connectivity index (χ0n) is 18.0. The standard InChI is InChI=1S/C22H23F6N5O/c23-21(24,25)16-9-15(10-17(11-16)22(26,27)28)20(19(34)31-29,14-3-1-5-30-12-14)33-8-7-32-6-2-4-18(32)13-33/h1,3,5,9-12,18H,2,4,6-8,13,29H2,(H,31,34)/t18-,20?/m0/s1. The van der Waals surface area contributed by atoms with Crippen molar-refractivity contribution >= 4 is 5.91 Å². The van der Waals surface area contributed by atoms with Crippen LogP contribution >= 0.6 is 0 Å².